The third-order valence-electron chi connectivity index (χ3n) is 4.63. The summed E-state index contributed by atoms with van der Waals surface area (Å²) in [6.45, 7) is 8.98. The lowest BCUT2D eigenvalue weighted by Crippen LogP contribution is -2.44. The van der Waals surface area contributed by atoms with Crippen LogP contribution in [0.15, 0.2) is 30.3 Å². The van der Waals surface area contributed by atoms with Crippen molar-refractivity contribution in [2.75, 3.05) is 13.1 Å². The number of hydrogen-bond donors (Lipinski definition) is 1. The third-order valence-corrected chi connectivity index (χ3v) is 5.59. The van der Waals surface area contributed by atoms with Crippen molar-refractivity contribution in [3.63, 3.8) is 0 Å². The number of carbonyl (C=O) groups is 1. The molecule has 1 atom stereocenters. The van der Waals surface area contributed by atoms with Gasteiger partial charge in [0.25, 0.3) is 5.91 Å². The molecule has 1 aliphatic rings. The zero-order valence-electron chi connectivity index (χ0n) is 14.1. The summed E-state index contributed by atoms with van der Waals surface area (Å²) in [6.07, 6.45) is 1.09. The molecule has 3 nitrogen and oxygen atoms in total. The molecule has 0 saturated heterocycles. The van der Waals surface area contributed by atoms with Crippen molar-refractivity contribution in [2.24, 2.45) is 0 Å². The van der Waals surface area contributed by atoms with Crippen LogP contribution < -0.4 is 5.32 Å². The predicted molar refractivity (Wildman–Crippen MR) is 96.1 cm³/mol. The van der Waals surface area contributed by atoms with Gasteiger partial charge in [-0.25, -0.2) is 0 Å². The van der Waals surface area contributed by atoms with E-state index in [-0.39, 0.29) is 5.91 Å². The molecule has 0 spiro atoms. The predicted octanol–water partition coefficient (Wildman–Crippen LogP) is 3.54. The molecule has 0 bridgehead atoms. The van der Waals surface area contributed by atoms with E-state index in [0.717, 1.165) is 30.0 Å². The van der Waals surface area contributed by atoms with Crippen molar-refractivity contribution in [3.05, 3.63) is 56.8 Å². The van der Waals surface area contributed by atoms with E-state index in [1.54, 1.807) is 11.3 Å². The maximum atomic E-state index is 12.3. The lowest BCUT2D eigenvalue weighted by Gasteiger charge is -2.33. The average Bonchev–Trinajstić information content (AvgIpc) is 2.90. The first-order valence-corrected chi connectivity index (χ1v) is 9.02. The Labute approximate surface area is 142 Å². The fourth-order valence-electron chi connectivity index (χ4n) is 3.21. The van der Waals surface area contributed by atoms with Gasteiger partial charge >= 0.3 is 0 Å². The zero-order chi connectivity index (χ0) is 16.4. The Morgan fingerprint density at radius 1 is 1.30 bits per heavy atom. The molecule has 0 saturated carbocycles. The molecular weight excluding hydrogens is 304 g/mol. The quantitative estimate of drug-likeness (QED) is 0.931. The first-order chi connectivity index (χ1) is 11.0. The van der Waals surface area contributed by atoms with E-state index < -0.39 is 0 Å². The Bertz CT molecular complexity index is 707. The van der Waals surface area contributed by atoms with E-state index in [9.17, 15) is 4.79 Å². The molecule has 23 heavy (non-hydrogen) atoms. The molecule has 0 fully saturated rings. The molecule has 2 aromatic rings. The van der Waals surface area contributed by atoms with E-state index in [2.05, 4.69) is 41.4 Å². The summed E-state index contributed by atoms with van der Waals surface area (Å²) in [7, 11) is 0. The van der Waals surface area contributed by atoms with Gasteiger partial charge in [-0.05, 0) is 44.4 Å². The normalized spacial score (nSPS) is 16.0. The van der Waals surface area contributed by atoms with Crippen LogP contribution in [0.3, 0.4) is 0 Å². The third kappa shape index (κ3) is 3.65. The largest absolute Gasteiger partial charge is 0.350 e. The van der Waals surface area contributed by atoms with Crippen LogP contribution in [-0.2, 0) is 13.0 Å². The summed E-state index contributed by atoms with van der Waals surface area (Å²) in [5.41, 5.74) is 3.70. The van der Waals surface area contributed by atoms with Gasteiger partial charge in [0.05, 0.1) is 5.56 Å². The molecule has 2 heterocycles. The van der Waals surface area contributed by atoms with Crippen LogP contribution in [0.5, 0.6) is 0 Å². The van der Waals surface area contributed by atoms with E-state index in [1.165, 1.54) is 16.0 Å². The van der Waals surface area contributed by atoms with Gasteiger partial charge in [0, 0.05) is 35.4 Å². The number of rotatable bonds is 4. The van der Waals surface area contributed by atoms with Crippen LogP contribution in [0.25, 0.3) is 0 Å². The second-order valence-corrected chi connectivity index (χ2v) is 7.84. The van der Waals surface area contributed by atoms with Crippen LogP contribution in [0, 0.1) is 13.8 Å². The standard InChI is InChI=1S/C19H24N2OS/c1-13(11-20-19(22)18-10-14(2)23-15(18)3)21-9-8-16-6-4-5-7-17(16)12-21/h4-7,10,13H,8-9,11-12H2,1-3H3,(H,20,22). The lowest BCUT2D eigenvalue weighted by atomic mass is 9.99. The van der Waals surface area contributed by atoms with Gasteiger partial charge in [-0.2, -0.15) is 0 Å². The number of aryl methyl sites for hydroxylation is 2. The second-order valence-electron chi connectivity index (χ2n) is 6.38. The van der Waals surface area contributed by atoms with Crippen LogP contribution in [0.1, 0.15) is 38.2 Å². The summed E-state index contributed by atoms with van der Waals surface area (Å²) in [5, 5.41) is 3.10. The number of hydrogen-bond acceptors (Lipinski definition) is 3. The van der Waals surface area contributed by atoms with Crippen molar-refractivity contribution >= 4 is 17.2 Å². The Balaban J connectivity index is 1.57. The molecule has 1 aliphatic heterocycles. The monoisotopic (exact) mass is 328 g/mol. The fraction of sp³-hybridized carbons (Fsp3) is 0.421. The van der Waals surface area contributed by atoms with Crippen molar-refractivity contribution in [1.29, 1.82) is 0 Å². The summed E-state index contributed by atoms with van der Waals surface area (Å²) in [5.74, 6) is 0.0520. The van der Waals surface area contributed by atoms with Crippen molar-refractivity contribution in [2.45, 2.75) is 39.8 Å². The minimum Gasteiger partial charge on any atom is -0.350 e. The maximum Gasteiger partial charge on any atom is 0.252 e. The molecular formula is C19H24N2OS. The van der Waals surface area contributed by atoms with E-state index >= 15 is 0 Å². The Morgan fingerprint density at radius 2 is 2.04 bits per heavy atom. The van der Waals surface area contributed by atoms with Crippen LogP contribution in [0.4, 0.5) is 0 Å². The molecule has 1 unspecified atom stereocenters. The smallest absolute Gasteiger partial charge is 0.252 e. The molecule has 1 aromatic heterocycles. The lowest BCUT2D eigenvalue weighted by molar-refractivity contribution is 0.0932. The van der Waals surface area contributed by atoms with Gasteiger partial charge in [0.15, 0.2) is 0 Å². The minimum absolute atomic E-state index is 0.0520. The van der Waals surface area contributed by atoms with Gasteiger partial charge in [0.2, 0.25) is 0 Å². The maximum absolute atomic E-state index is 12.3. The second kappa shape index (κ2) is 6.85. The molecule has 0 radical (unpaired) electrons. The number of nitrogens with zero attached hydrogens (tertiary/aromatic N) is 1. The summed E-state index contributed by atoms with van der Waals surface area (Å²) >= 11 is 1.68. The number of benzene rings is 1. The highest BCUT2D eigenvalue weighted by atomic mass is 32.1. The van der Waals surface area contributed by atoms with Crippen LogP contribution in [0.2, 0.25) is 0 Å². The molecule has 3 rings (SSSR count). The topological polar surface area (TPSA) is 32.3 Å². The number of thiophene rings is 1. The summed E-state index contributed by atoms with van der Waals surface area (Å²) in [6, 6.07) is 11.0. The Morgan fingerprint density at radius 3 is 2.74 bits per heavy atom. The van der Waals surface area contributed by atoms with Gasteiger partial charge in [-0.1, -0.05) is 24.3 Å². The highest BCUT2D eigenvalue weighted by molar-refractivity contribution is 7.12. The van der Waals surface area contributed by atoms with Crippen molar-refractivity contribution < 1.29 is 4.79 Å². The Kier molecular flexibility index (Phi) is 4.83. The highest BCUT2D eigenvalue weighted by Gasteiger charge is 2.21. The average molecular weight is 328 g/mol. The number of nitrogens with one attached hydrogen (secondary N) is 1. The van der Waals surface area contributed by atoms with E-state index in [1.807, 2.05) is 19.9 Å². The fourth-order valence-corrected chi connectivity index (χ4v) is 4.14. The first kappa shape index (κ1) is 16.2. The SMILES string of the molecule is Cc1cc(C(=O)NCC(C)N2CCc3ccccc3C2)c(C)s1. The van der Waals surface area contributed by atoms with Crippen LogP contribution >= 0.6 is 11.3 Å². The molecule has 1 N–H and O–H groups in total. The number of amides is 1. The summed E-state index contributed by atoms with van der Waals surface area (Å²) in [4.78, 5) is 17.1. The van der Waals surface area contributed by atoms with Gasteiger partial charge in [-0.3, -0.25) is 9.69 Å². The first-order valence-electron chi connectivity index (χ1n) is 8.20. The van der Waals surface area contributed by atoms with Gasteiger partial charge in [0.1, 0.15) is 0 Å². The highest BCUT2D eigenvalue weighted by Crippen LogP contribution is 2.21. The van der Waals surface area contributed by atoms with Gasteiger partial charge < -0.3 is 5.32 Å². The number of fused-ring (bicyclic) bond motifs is 1. The van der Waals surface area contributed by atoms with E-state index in [0.29, 0.717) is 12.6 Å². The zero-order valence-corrected chi connectivity index (χ0v) is 14.9. The van der Waals surface area contributed by atoms with Crippen molar-refractivity contribution in [3.8, 4) is 0 Å². The Hall–Kier alpha value is -1.65. The molecule has 1 aromatic carbocycles. The summed E-state index contributed by atoms with van der Waals surface area (Å²) < 4.78 is 0. The van der Waals surface area contributed by atoms with Gasteiger partial charge in [-0.15, -0.1) is 11.3 Å². The molecule has 1 amide bonds. The molecule has 122 valence electrons. The van der Waals surface area contributed by atoms with Crippen molar-refractivity contribution in [1.82, 2.24) is 10.2 Å². The molecule has 0 aliphatic carbocycles. The molecule has 4 heteroatoms. The van der Waals surface area contributed by atoms with Crippen LogP contribution in [-0.4, -0.2) is 29.9 Å². The minimum atomic E-state index is 0.0520. The van der Waals surface area contributed by atoms with E-state index in [4.69, 9.17) is 0 Å². The number of carbonyl (C=O) groups excluding carboxylic acids is 1.